The highest BCUT2D eigenvalue weighted by atomic mass is 35.7. The average molecular weight is 273 g/mol. The first-order chi connectivity index (χ1) is 7.24. The SMILES string of the molecule is C=C(C)C(=O)OC(C)O.O=P1(Cl)OCCO1. The number of aliphatic hydroxyl groups is 1. The molecule has 1 unspecified atom stereocenters. The highest BCUT2D eigenvalue weighted by Crippen LogP contribution is 2.56. The van der Waals surface area contributed by atoms with Gasteiger partial charge in [0, 0.05) is 16.8 Å². The van der Waals surface area contributed by atoms with E-state index in [-0.39, 0.29) is 5.57 Å². The number of ether oxygens (including phenoxy) is 1. The summed E-state index contributed by atoms with van der Waals surface area (Å²) in [4.78, 5) is 10.5. The molecule has 0 radical (unpaired) electrons. The van der Waals surface area contributed by atoms with Crippen LogP contribution in [-0.2, 0) is 23.1 Å². The van der Waals surface area contributed by atoms with Crippen LogP contribution >= 0.6 is 18.2 Å². The monoisotopic (exact) mass is 272 g/mol. The first-order valence-corrected chi connectivity index (χ1v) is 6.82. The van der Waals surface area contributed by atoms with Gasteiger partial charge in [0.25, 0.3) is 0 Å². The van der Waals surface area contributed by atoms with Gasteiger partial charge in [0.1, 0.15) is 0 Å². The Labute approximate surface area is 98.5 Å². The molecule has 0 aromatic carbocycles. The van der Waals surface area contributed by atoms with E-state index >= 15 is 0 Å². The number of hydrogen-bond acceptors (Lipinski definition) is 6. The van der Waals surface area contributed by atoms with E-state index in [0.29, 0.717) is 13.2 Å². The summed E-state index contributed by atoms with van der Waals surface area (Å²) in [6.45, 7) is 3.83. The fourth-order valence-electron chi connectivity index (χ4n) is 0.585. The van der Waals surface area contributed by atoms with Crippen molar-refractivity contribution in [3.8, 4) is 0 Å². The molecule has 0 aromatic heterocycles. The summed E-state index contributed by atoms with van der Waals surface area (Å²) in [7, 11) is 0. The molecule has 1 aliphatic heterocycles. The lowest BCUT2D eigenvalue weighted by Crippen LogP contribution is -2.13. The van der Waals surface area contributed by atoms with Crippen LogP contribution in [0, 0.1) is 0 Å². The zero-order chi connectivity index (χ0) is 12.8. The molecule has 6 nitrogen and oxygen atoms in total. The van der Waals surface area contributed by atoms with E-state index in [1.807, 2.05) is 0 Å². The molecular weight excluding hydrogens is 259 g/mol. The number of aliphatic hydroxyl groups excluding tert-OH is 1. The Morgan fingerprint density at radius 1 is 1.56 bits per heavy atom. The molecule has 8 heteroatoms. The first-order valence-electron chi connectivity index (χ1n) is 4.38. The Hall–Kier alpha value is -0.390. The van der Waals surface area contributed by atoms with Crippen molar-refractivity contribution in [1.29, 1.82) is 0 Å². The zero-order valence-electron chi connectivity index (χ0n) is 9.01. The minimum absolute atomic E-state index is 0.288. The molecule has 0 aromatic rings. The van der Waals surface area contributed by atoms with Gasteiger partial charge in [-0.05, 0) is 13.8 Å². The molecule has 1 fully saturated rings. The van der Waals surface area contributed by atoms with Crippen molar-refractivity contribution in [1.82, 2.24) is 0 Å². The lowest BCUT2D eigenvalue weighted by Gasteiger charge is -2.04. The summed E-state index contributed by atoms with van der Waals surface area (Å²) in [5.41, 5.74) is 0.288. The molecule has 0 aliphatic carbocycles. The van der Waals surface area contributed by atoms with Crippen LogP contribution in [-0.4, -0.2) is 30.6 Å². The Bertz CT molecular complexity index is 293. The van der Waals surface area contributed by atoms with Crippen LogP contribution in [0.25, 0.3) is 0 Å². The minimum atomic E-state index is -3.07. The van der Waals surface area contributed by atoms with Crippen LogP contribution < -0.4 is 0 Å². The number of esters is 1. The normalized spacial score (nSPS) is 19.2. The van der Waals surface area contributed by atoms with Crippen LogP contribution in [0.4, 0.5) is 0 Å². The van der Waals surface area contributed by atoms with Crippen molar-refractivity contribution < 1.29 is 28.3 Å². The second-order valence-electron chi connectivity index (χ2n) is 2.88. The number of hydrogen-bond donors (Lipinski definition) is 1. The van der Waals surface area contributed by atoms with E-state index in [0.717, 1.165) is 0 Å². The molecule has 1 heterocycles. The fourth-order valence-corrected chi connectivity index (χ4v) is 1.66. The largest absolute Gasteiger partial charge is 0.433 e. The second-order valence-corrected chi connectivity index (χ2v) is 5.50. The highest BCUT2D eigenvalue weighted by molar-refractivity contribution is 7.81. The maximum atomic E-state index is 10.5. The van der Waals surface area contributed by atoms with E-state index < -0.39 is 19.2 Å². The summed E-state index contributed by atoms with van der Waals surface area (Å²) in [6, 6.07) is 0. The van der Waals surface area contributed by atoms with Crippen LogP contribution in [0.1, 0.15) is 13.8 Å². The lowest BCUT2D eigenvalue weighted by atomic mass is 10.4. The fraction of sp³-hybridized carbons (Fsp3) is 0.625. The predicted octanol–water partition coefficient (Wildman–Crippen LogP) is 1.82. The third-order valence-corrected chi connectivity index (χ3v) is 2.77. The second kappa shape index (κ2) is 7.04. The summed E-state index contributed by atoms with van der Waals surface area (Å²) in [5, 5.41) is 8.49. The third-order valence-electron chi connectivity index (χ3n) is 1.20. The molecule has 0 amide bonds. The van der Waals surface area contributed by atoms with Crippen LogP contribution in [0.5, 0.6) is 0 Å². The lowest BCUT2D eigenvalue weighted by molar-refractivity contribution is -0.159. The van der Waals surface area contributed by atoms with Crippen molar-refractivity contribution >= 4 is 24.2 Å². The maximum absolute atomic E-state index is 10.5. The number of rotatable bonds is 2. The Kier molecular flexibility index (Phi) is 6.87. The van der Waals surface area contributed by atoms with Gasteiger partial charge < -0.3 is 9.84 Å². The number of carbonyl (C=O) groups is 1. The van der Waals surface area contributed by atoms with Crippen LogP contribution in [0.2, 0.25) is 0 Å². The van der Waals surface area contributed by atoms with Gasteiger partial charge in [-0.1, -0.05) is 6.58 Å². The van der Waals surface area contributed by atoms with E-state index in [9.17, 15) is 9.36 Å². The van der Waals surface area contributed by atoms with Gasteiger partial charge in [-0.15, -0.1) is 0 Å². The van der Waals surface area contributed by atoms with Crippen LogP contribution in [0.15, 0.2) is 12.2 Å². The van der Waals surface area contributed by atoms with E-state index in [1.54, 1.807) is 0 Å². The Balaban J connectivity index is 0.000000288. The van der Waals surface area contributed by atoms with Gasteiger partial charge in [-0.25, -0.2) is 9.36 Å². The number of halogens is 1. The van der Waals surface area contributed by atoms with Crippen molar-refractivity contribution in [2.45, 2.75) is 20.1 Å². The molecule has 1 rings (SSSR count). The van der Waals surface area contributed by atoms with E-state index in [4.69, 9.17) is 16.3 Å². The smallest absolute Gasteiger partial charge is 0.424 e. The van der Waals surface area contributed by atoms with Crippen molar-refractivity contribution in [2.75, 3.05) is 13.2 Å². The van der Waals surface area contributed by atoms with Crippen LogP contribution in [0.3, 0.4) is 0 Å². The summed E-state index contributed by atoms with van der Waals surface area (Å²) in [6.07, 6.45) is -1.05. The van der Waals surface area contributed by atoms with Gasteiger partial charge in [0.2, 0.25) is 0 Å². The van der Waals surface area contributed by atoms with Gasteiger partial charge in [0.15, 0.2) is 6.29 Å². The molecule has 1 N–H and O–H groups in total. The Morgan fingerprint density at radius 2 is 2.00 bits per heavy atom. The van der Waals surface area contributed by atoms with Gasteiger partial charge >= 0.3 is 12.9 Å². The maximum Gasteiger partial charge on any atom is 0.424 e. The molecule has 1 atom stereocenters. The molecule has 0 saturated carbocycles. The van der Waals surface area contributed by atoms with E-state index in [2.05, 4.69) is 20.4 Å². The minimum Gasteiger partial charge on any atom is -0.433 e. The Morgan fingerprint density at radius 3 is 2.12 bits per heavy atom. The topological polar surface area (TPSA) is 82.1 Å². The molecule has 0 spiro atoms. The van der Waals surface area contributed by atoms with Crippen molar-refractivity contribution in [3.05, 3.63) is 12.2 Å². The standard InChI is InChI=1S/C6H10O3.C2H4ClO3P/c1-4(2)6(8)9-5(3)7;3-7(4)5-1-2-6-7/h5,7H,1H2,2-3H3;1-2H2. The molecule has 0 bridgehead atoms. The van der Waals surface area contributed by atoms with Gasteiger partial charge in [-0.3, -0.25) is 9.05 Å². The number of carbonyl (C=O) groups excluding carboxylic acids is 1. The third kappa shape index (κ3) is 7.84. The average Bonchev–Trinajstić information content (AvgIpc) is 2.49. The molecule has 1 saturated heterocycles. The zero-order valence-corrected chi connectivity index (χ0v) is 10.7. The molecule has 1 aliphatic rings. The molecule has 16 heavy (non-hydrogen) atoms. The molecule has 94 valence electrons. The molecular formula is C8H14ClO6P. The van der Waals surface area contributed by atoms with Crippen molar-refractivity contribution in [2.24, 2.45) is 0 Å². The summed E-state index contributed by atoms with van der Waals surface area (Å²) < 4.78 is 23.5. The van der Waals surface area contributed by atoms with Gasteiger partial charge in [-0.2, -0.15) is 0 Å². The first kappa shape index (κ1) is 15.6. The predicted molar refractivity (Wildman–Crippen MR) is 58.0 cm³/mol. The highest BCUT2D eigenvalue weighted by Gasteiger charge is 2.25. The van der Waals surface area contributed by atoms with E-state index in [1.165, 1.54) is 13.8 Å². The summed E-state index contributed by atoms with van der Waals surface area (Å²) >= 11 is 5.08. The summed E-state index contributed by atoms with van der Waals surface area (Å²) in [5.74, 6) is -0.565. The van der Waals surface area contributed by atoms with Gasteiger partial charge in [0.05, 0.1) is 13.2 Å². The quantitative estimate of drug-likeness (QED) is 0.357. The van der Waals surface area contributed by atoms with Crippen molar-refractivity contribution in [3.63, 3.8) is 0 Å².